The number of ether oxygens (including phenoxy) is 2. The molecule has 2 heterocycles. The van der Waals surface area contributed by atoms with Crippen molar-refractivity contribution in [3.63, 3.8) is 0 Å². The van der Waals surface area contributed by atoms with Crippen LogP contribution < -0.4 is 0 Å². The van der Waals surface area contributed by atoms with Crippen LogP contribution in [-0.4, -0.2) is 71.9 Å². The number of benzene rings is 1. The highest BCUT2D eigenvalue weighted by Gasteiger charge is 2.34. The van der Waals surface area contributed by atoms with E-state index >= 15 is 0 Å². The Hall–Kier alpha value is -2.74. The number of morpholine rings is 1. The van der Waals surface area contributed by atoms with Crippen LogP contribution in [0.2, 0.25) is 0 Å². The minimum absolute atomic E-state index is 0.0244. The zero-order chi connectivity index (χ0) is 20.3. The third-order valence-electron chi connectivity index (χ3n) is 4.77. The Bertz CT molecular complexity index is 748. The molecule has 1 saturated heterocycles. The van der Waals surface area contributed by atoms with Crippen molar-refractivity contribution >= 4 is 23.7 Å². The van der Waals surface area contributed by atoms with Crippen LogP contribution in [0.25, 0.3) is 0 Å². The lowest BCUT2D eigenvalue weighted by Crippen LogP contribution is -2.49. The normalized spacial score (nSPS) is 21.6. The van der Waals surface area contributed by atoms with Gasteiger partial charge in [0.2, 0.25) is 0 Å². The van der Waals surface area contributed by atoms with Gasteiger partial charge in [0.25, 0.3) is 17.7 Å². The van der Waals surface area contributed by atoms with E-state index in [2.05, 4.69) is 0 Å². The molecule has 0 aliphatic carbocycles. The Morgan fingerprint density at radius 2 is 1.64 bits per heavy atom. The van der Waals surface area contributed by atoms with Crippen LogP contribution >= 0.6 is 0 Å². The summed E-state index contributed by atoms with van der Waals surface area (Å²) in [6, 6.07) is 6.64. The van der Waals surface area contributed by atoms with Gasteiger partial charge in [0.05, 0.1) is 23.3 Å². The number of nitrogens with zero attached hydrogens (tertiary/aromatic N) is 2. The molecule has 28 heavy (non-hydrogen) atoms. The second-order valence-electron chi connectivity index (χ2n) is 7.13. The molecule has 1 fully saturated rings. The second kappa shape index (κ2) is 8.52. The first-order valence-corrected chi connectivity index (χ1v) is 9.41. The van der Waals surface area contributed by atoms with Gasteiger partial charge in [-0.05, 0) is 32.4 Å². The molecule has 3 rings (SSSR count). The fraction of sp³-hybridized carbons (Fsp3) is 0.500. The molecule has 3 amide bonds. The molecule has 0 radical (unpaired) electrons. The van der Waals surface area contributed by atoms with E-state index in [1.807, 2.05) is 13.8 Å². The molecule has 0 bridgehead atoms. The highest BCUT2D eigenvalue weighted by Crippen LogP contribution is 2.22. The summed E-state index contributed by atoms with van der Waals surface area (Å²) in [5, 5.41) is 0. The molecule has 2 atom stereocenters. The van der Waals surface area contributed by atoms with E-state index in [4.69, 9.17) is 9.47 Å². The van der Waals surface area contributed by atoms with Crippen molar-refractivity contribution in [1.29, 1.82) is 0 Å². The molecular formula is C20H24N2O6. The zero-order valence-electron chi connectivity index (χ0n) is 16.1. The van der Waals surface area contributed by atoms with Gasteiger partial charge in [-0.15, -0.1) is 0 Å². The molecule has 0 spiro atoms. The Kier molecular flexibility index (Phi) is 6.08. The lowest BCUT2D eigenvalue weighted by atomic mass is 10.1. The van der Waals surface area contributed by atoms with E-state index in [0.29, 0.717) is 24.2 Å². The summed E-state index contributed by atoms with van der Waals surface area (Å²) >= 11 is 0. The summed E-state index contributed by atoms with van der Waals surface area (Å²) in [4.78, 5) is 51.4. The standard InChI is InChI=1S/C20H24N2O6/c1-13-10-21(11-14(2)28-13)17(23)12-27-18(24)8-5-9-22-19(25)15-6-3-4-7-16(15)20(22)26/h3-4,6-7,13-14H,5,8-12H2,1-2H3/t13-,14+. The highest BCUT2D eigenvalue weighted by atomic mass is 16.5. The van der Waals surface area contributed by atoms with Gasteiger partial charge in [0, 0.05) is 26.1 Å². The third kappa shape index (κ3) is 4.39. The number of esters is 1. The Labute approximate surface area is 163 Å². The van der Waals surface area contributed by atoms with E-state index in [1.54, 1.807) is 29.2 Å². The first kappa shape index (κ1) is 20.0. The largest absolute Gasteiger partial charge is 0.456 e. The molecule has 2 aliphatic heterocycles. The van der Waals surface area contributed by atoms with Crippen LogP contribution in [-0.2, 0) is 19.1 Å². The lowest BCUT2D eigenvalue weighted by Gasteiger charge is -2.35. The van der Waals surface area contributed by atoms with Crippen LogP contribution in [0.5, 0.6) is 0 Å². The quantitative estimate of drug-likeness (QED) is 0.538. The van der Waals surface area contributed by atoms with E-state index in [-0.39, 0.29) is 55.9 Å². The average molecular weight is 388 g/mol. The number of hydrogen-bond acceptors (Lipinski definition) is 6. The molecule has 1 aromatic rings. The smallest absolute Gasteiger partial charge is 0.306 e. The van der Waals surface area contributed by atoms with Crippen molar-refractivity contribution in [3.05, 3.63) is 35.4 Å². The average Bonchev–Trinajstić information content (AvgIpc) is 2.90. The van der Waals surface area contributed by atoms with Crippen LogP contribution in [0.15, 0.2) is 24.3 Å². The number of imide groups is 1. The summed E-state index contributed by atoms with van der Waals surface area (Å²) in [6.45, 7) is 4.54. The van der Waals surface area contributed by atoms with E-state index in [9.17, 15) is 19.2 Å². The SMILES string of the molecule is C[C@@H]1CN(C(=O)COC(=O)CCCN2C(=O)c3ccccc3C2=O)C[C@H](C)O1. The topological polar surface area (TPSA) is 93.2 Å². The van der Waals surface area contributed by atoms with Crippen LogP contribution in [0.3, 0.4) is 0 Å². The Morgan fingerprint density at radius 1 is 1.07 bits per heavy atom. The third-order valence-corrected chi connectivity index (χ3v) is 4.77. The number of fused-ring (bicyclic) bond motifs is 1. The van der Waals surface area contributed by atoms with Crippen molar-refractivity contribution in [2.45, 2.75) is 38.9 Å². The van der Waals surface area contributed by atoms with Gasteiger partial charge in [-0.3, -0.25) is 24.1 Å². The van der Waals surface area contributed by atoms with Gasteiger partial charge >= 0.3 is 5.97 Å². The lowest BCUT2D eigenvalue weighted by molar-refractivity contribution is -0.157. The molecule has 0 unspecified atom stereocenters. The molecule has 0 saturated carbocycles. The van der Waals surface area contributed by atoms with Crippen LogP contribution in [0, 0.1) is 0 Å². The Morgan fingerprint density at radius 3 is 2.21 bits per heavy atom. The van der Waals surface area contributed by atoms with Gasteiger partial charge < -0.3 is 14.4 Å². The fourth-order valence-corrected chi connectivity index (χ4v) is 3.51. The molecule has 150 valence electrons. The van der Waals surface area contributed by atoms with Crippen LogP contribution in [0.1, 0.15) is 47.4 Å². The van der Waals surface area contributed by atoms with Crippen molar-refractivity contribution in [3.8, 4) is 0 Å². The number of hydrogen-bond donors (Lipinski definition) is 0. The van der Waals surface area contributed by atoms with E-state index in [1.165, 1.54) is 0 Å². The van der Waals surface area contributed by atoms with Gasteiger partial charge in [-0.2, -0.15) is 0 Å². The number of carbonyl (C=O) groups is 4. The zero-order valence-corrected chi connectivity index (χ0v) is 16.1. The number of rotatable bonds is 6. The molecule has 0 N–H and O–H groups in total. The fourth-order valence-electron chi connectivity index (χ4n) is 3.51. The van der Waals surface area contributed by atoms with E-state index in [0.717, 1.165) is 4.90 Å². The highest BCUT2D eigenvalue weighted by molar-refractivity contribution is 6.21. The molecule has 0 aromatic heterocycles. The Balaban J connectivity index is 1.40. The molecule has 8 nitrogen and oxygen atoms in total. The molecule has 2 aliphatic rings. The van der Waals surface area contributed by atoms with Gasteiger partial charge in [-0.1, -0.05) is 12.1 Å². The summed E-state index contributed by atoms with van der Waals surface area (Å²) in [5.74, 6) is -1.48. The summed E-state index contributed by atoms with van der Waals surface area (Å²) in [5.41, 5.74) is 0.768. The van der Waals surface area contributed by atoms with Crippen molar-refractivity contribution in [2.24, 2.45) is 0 Å². The van der Waals surface area contributed by atoms with Crippen molar-refractivity contribution in [2.75, 3.05) is 26.2 Å². The molecule has 8 heteroatoms. The second-order valence-corrected chi connectivity index (χ2v) is 7.13. The maximum atomic E-state index is 12.3. The predicted molar refractivity (Wildman–Crippen MR) is 98.6 cm³/mol. The van der Waals surface area contributed by atoms with Gasteiger partial charge in [-0.25, -0.2) is 0 Å². The molecule has 1 aromatic carbocycles. The molecular weight excluding hydrogens is 364 g/mol. The first-order valence-electron chi connectivity index (χ1n) is 9.41. The maximum Gasteiger partial charge on any atom is 0.306 e. The monoisotopic (exact) mass is 388 g/mol. The number of amides is 3. The predicted octanol–water partition coefficient (Wildman–Crippen LogP) is 1.24. The summed E-state index contributed by atoms with van der Waals surface area (Å²) in [6.07, 6.45) is 0.201. The van der Waals surface area contributed by atoms with Crippen molar-refractivity contribution in [1.82, 2.24) is 9.80 Å². The summed E-state index contributed by atoms with van der Waals surface area (Å²) < 4.78 is 10.6. The minimum atomic E-state index is -0.528. The summed E-state index contributed by atoms with van der Waals surface area (Å²) in [7, 11) is 0. The first-order chi connectivity index (χ1) is 13.4. The van der Waals surface area contributed by atoms with E-state index < -0.39 is 5.97 Å². The number of carbonyl (C=O) groups excluding carboxylic acids is 4. The van der Waals surface area contributed by atoms with Gasteiger partial charge in [0.15, 0.2) is 6.61 Å². The van der Waals surface area contributed by atoms with Gasteiger partial charge in [0.1, 0.15) is 0 Å². The maximum absolute atomic E-state index is 12.3. The minimum Gasteiger partial charge on any atom is -0.456 e. The van der Waals surface area contributed by atoms with Crippen LogP contribution in [0.4, 0.5) is 0 Å². The van der Waals surface area contributed by atoms with Crippen molar-refractivity contribution < 1.29 is 28.7 Å².